The Hall–Kier alpha value is -2.96. The maximum absolute atomic E-state index is 11.9. The van der Waals surface area contributed by atoms with Gasteiger partial charge >= 0.3 is 11.8 Å². The summed E-state index contributed by atoms with van der Waals surface area (Å²) in [4.78, 5) is 36.3. The second-order valence-electron chi connectivity index (χ2n) is 6.30. The number of rotatable bonds is 3. The zero-order valence-electron chi connectivity index (χ0n) is 13.8. The number of hydrogen-bond acceptors (Lipinski definition) is 5. The Morgan fingerprint density at radius 3 is 2.80 bits per heavy atom. The van der Waals surface area contributed by atoms with Gasteiger partial charge in [0.2, 0.25) is 0 Å². The van der Waals surface area contributed by atoms with E-state index in [2.05, 4.69) is 32.3 Å². The number of nitrogens with one attached hydrogen (secondary N) is 1. The van der Waals surface area contributed by atoms with Crippen molar-refractivity contribution >= 4 is 17.6 Å². The highest BCUT2D eigenvalue weighted by molar-refractivity contribution is 6.35. The van der Waals surface area contributed by atoms with E-state index in [9.17, 15) is 9.59 Å². The number of nitrogens with zero attached hydrogens (tertiary/aromatic N) is 4. The zero-order valence-corrected chi connectivity index (χ0v) is 13.8. The molecule has 7 nitrogen and oxygen atoms in total. The Morgan fingerprint density at radius 2 is 1.96 bits per heavy atom. The minimum atomic E-state index is -0.503. The highest BCUT2D eigenvalue weighted by Crippen LogP contribution is 2.19. The van der Waals surface area contributed by atoms with E-state index in [4.69, 9.17) is 0 Å². The molecule has 1 aromatic carbocycles. The van der Waals surface area contributed by atoms with Crippen molar-refractivity contribution in [1.29, 1.82) is 0 Å². The Balaban J connectivity index is 1.48. The number of carbonyl (C=O) groups is 2. The number of carbonyl (C=O) groups excluding carboxylic acids is 2. The second kappa shape index (κ2) is 6.51. The molecular weight excluding hydrogens is 318 g/mol. The Morgan fingerprint density at radius 1 is 1.12 bits per heavy atom. The van der Waals surface area contributed by atoms with Gasteiger partial charge in [-0.05, 0) is 11.6 Å². The summed E-state index contributed by atoms with van der Waals surface area (Å²) < 4.78 is 0. The summed E-state index contributed by atoms with van der Waals surface area (Å²) in [7, 11) is 0. The van der Waals surface area contributed by atoms with Crippen molar-refractivity contribution in [1.82, 2.24) is 20.2 Å². The summed E-state index contributed by atoms with van der Waals surface area (Å²) in [6, 6.07) is 12.0. The third-order valence-electron chi connectivity index (χ3n) is 4.66. The van der Waals surface area contributed by atoms with Gasteiger partial charge in [-0.3, -0.25) is 9.59 Å². The number of benzene rings is 1. The van der Waals surface area contributed by atoms with E-state index < -0.39 is 11.8 Å². The van der Waals surface area contributed by atoms with Crippen LogP contribution in [0.15, 0.2) is 42.6 Å². The van der Waals surface area contributed by atoms with Gasteiger partial charge in [-0.15, -0.1) is 0 Å². The van der Waals surface area contributed by atoms with Gasteiger partial charge in [-0.1, -0.05) is 30.3 Å². The molecule has 4 rings (SSSR count). The lowest BCUT2D eigenvalue weighted by Gasteiger charge is -2.43. The molecule has 3 heterocycles. The van der Waals surface area contributed by atoms with E-state index in [0.29, 0.717) is 32.6 Å². The topological polar surface area (TPSA) is 78.4 Å². The zero-order chi connectivity index (χ0) is 17.2. The number of amides is 2. The molecule has 0 saturated carbocycles. The van der Waals surface area contributed by atoms with Crippen LogP contribution in [0.3, 0.4) is 0 Å². The van der Waals surface area contributed by atoms with Gasteiger partial charge in [0.15, 0.2) is 0 Å². The summed E-state index contributed by atoms with van der Waals surface area (Å²) in [6.45, 7) is 2.35. The minimum absolute atomic E-state index is 0.00788. The van der Waals surface area contributed by atoms with Crippen LogP contribution in [-0.2, 0) is 16.0 Å². The smallest absolute Gasteiger partial charge is 0.312 e. The lowest BCUT2D eigenvalue weighted by molar-refractivity contribution is -0.150. The van der Waals surface area contributed by atoms with Crippen LogP contribution in [0.1, 0.15) is 11.4 Å². The van der Waals surface area contributed by atoms with Crippen molar-refractivity contribution in [2.75, 3.05) is 31.1 Å². The molecule has 25 heavy (non-hydrogen) atoms. The highest BCUT2D eigenvalue weighted by atomic mass is 16.2. The number of hydrogen-bond donors (Lipinski definition) is 1. The van der Waals surface area contributed by atoms with Gasteiger partial charge in [0, 0.05) is 38.8 Å². The average Bonchev–Trinajstić information content (AvgIpc) is 2.66. The van der Waals surface area contributed by atoms with Crippen molar-refractivity contribution in [2.45, 2.75) is 12.5 Å². The summed E-state index contributed by atoms with van der Waals surface area (Å²) in [5, 5.41) is 2.66. The molecule has 1 unspecified atom stereocenters. The van der Waals surface area contributed by atoms with E-state index >= 15 is 0 Å². The largest absolute Gasteiger partial charge is 0.353 e. The lowest BCUT2D eigenvalue weighted by Crippen LogP contribution is -2.65. The molecule has 0 spiro atoms. The van der Waals surface area contributed by atoms with E-state index in [0.717, 1.165) is 11.6 Å². The van der Waals surface area contributed by atoms with Gasteiger partial charge in [-0.2, -0.15) is 0 Å². The van der Waals surface area contributed by atoms with E-state index in [-0.39, 0.29) is 6.04 Å². The van der Waals surface area contributed by atoms with Crippen molar-refractivity contribution in [3.8, 4) is 0 Å². The van der Waals surface area contributed by atoms with Crippen molar-refractivity contribution in [3.63, 3.8) is 0 Å². The predicted octanol–water partition coefficient (Wildman–Crippen LogP) is 0.214. The van der Waals surface area contributed by atoms with Gasteiger partial charge in [0.1, 0.15) is 11.6 Å². The molecule has 1 N–H and O–H groups in total. The molecule has 0 aliphatic carbocycles. The first-order chi connectivity index (χ1) is 12.2. The van der Waals surface area contributed by atoms with Crippen LogP contribution >= 0.6 is 0 Å². The molecule has 0 radical (unpaired) electrons. The summed E-state index contributed by atoms with van der Waals surface area (Å²) in [5.74, 6) is 0.712. The van der Waals surface area contributed by atoms with Crippen LogP contribution < -0.4 is 10.2 Å². The van der Waals surface area contributed by atoms with Crippen LogP contribution in [-0.4, -0.2) is 58.9 Å². The molecular formula is C18H19N5O2. The lowest BCUT2D eigenvalue weighted by atomic mass is 10.1. The minimum Gasteiger partial charge on any atom is -0.353 e. The molecule has 2 saturated heterocycles. The second-order valence-corrected chi connectivity index (χ2v) is 6.30. The summed E-state index contributed by atoms with van der Waals surface area (Å²) in [6.07, 6.45) is 2.47. The predicted molar refractivity (Wildman–Crippen MR) is 92.0 cm³/mol. The molecule has 1 atom stereocenters. The normalized spacial score (nSPS) is 20.2. The fourth-order valence-corrected chi connectivity index (χ4v) is 3.35. The highest BCUT2D eigenvalue weighted by Gasteiger charge is 2.37. The first-order valence-electron chi connectivity index (χ1n) is 8.40. The number of aromatic nitrogens is 2. The van der Waals surface area contributed by atoms with Crippen LogP contribution in [0.5, 0.6) is 0 Å². The fourth-order valence-electron chi connectivity index (χ4n) is 3.35. The van der Waals surface area contributed by atoms with Gasteiger partial charge in [-0.25, -0.2) is 9.97 Å². The SMILES string of the molecule is O=C1NCC2CN(c3ccnc(Cc4ccccc4)n3)CCN2C1=O. The third kappa shape index (κ3) is 3.17. The molecule has 2 fully saturated rings. The van der Waals surface area contributed by atoms with Gasteiger partial charge in [0.05, 0.1) is 6.04 Å². The monoisotopic (exact) mass is 337 g/mol. The van der Waals surface area contributed by atoms with E-state index in [1.807, 2.05) is 24.3 Å². The van der Waals surface area contributed by atoms with E-state index in [1.165, 1.54) is 5.56 Å². The quantitative estimate of drug-likeness (QED) is 0.811. The molecule has 2 aliphatic heterocycles. The molecule has 7 heteroatoms. The molecule has 1 aromatic heterocycles. The number of fused-ring (bicyclic) bond motifs is 1. The van der Waals surface area contributed by atoms with Gasteiger partial charge < -0.3 is 15.1 Å². The Labute approximate surface area is 145 Å². The summed E-state index contributed by atoms with van der Waals surface area (Å²) >= 11 is 0. The molecule has 2 amide bonds. The molecule has 2 aromatic rings. The fraction of sp³-hybridized carbons (Fsp3) is 0.333. The van der Waals surface area contributed by atoms with Crippen LogP contribution in [0.25, 0.3) is 0 Å². The van der Waals surface area contributed by atoms with Crippen molar-refractivity contribution in [2.24, 2.45) is 0 Å². The molecule has 0 bridgehead atoms. The maximum atomic E-state index is 11.9. The third-order valence-corrected chi connectivity index (χ3v) is 4.66. The van der Waals surface area contributed by atoms with Crippen LogP contribution in [0.2, 0.25) is 0 Å². The maximum Gasteiger partial charge on any atom is 0.312 e. The van der Waals surface area contributed by atoms with Crippen molar-refractivity contribution in [3.05, 3.63) is 54.0 Å². The average molecular weight is 337 g/mol. The summed E-state index contributed by atoms with van der Waals surface area (Å²) in [5.41, 5.74) is 1.17. The number of anilines is 1. The van der Waals surface area contributed by atoms with Gasteiger partial charge in [0.25, 0.3) is 0 Å². The van der Waals surface area contributed by atoms with Crippen LogP contribution in [0, 0.1) is 0 Å². The number of piperazine rings is 2. The Kier molecular flexibility index (Phi) is 4.05. The molecule has 128 valence electrons. The first kappa shape index (κ1) is 15.6. The first-order valence-corrected chi connectivity index (χ1v) is 8.40. The Bertz CT molecular complexity index is 795. The van der Waals surface area contributed by atoms with Crippen LogP contribution in [0.4, 0.5) is 5.82 Å². The standard InChI is InChI=1S/C18H19N5O2/c24-17-18(25)23-9-8-22(12-14(23)11-20-17)16-6-7-19-15(21-16)10-13-4-2-1-3-5-13/h1-7,14H,8-12H2,(H,20,24). The van der Waals surface area contributed by atoms with Crippen molar-refractivity contribution < 1.29 is 9.59 Å². The van der Waals surface area contributed by atoms with E-state index in [1.54, 1.807) is 11.1 Å². The molecule has 2 aliphatic rings.